The SMILES string of the molecule is Brc1cccc2ccc(Cc3ccccc3)nc12. The van der Waals surface area contributed by atoms with Gasteiger partial charge in [0.15, 0.2) is 0 Å². The van der Waals surface area contributed by atoms with E-state index in [-0.39, 0.29) is 0 Å². The maximum Gasteiger partial charge on any atom is 0.0847 e. The third kappa shape index (κ3) is 2.29. The van der Waals surface area contributed by atoms with E-state index in [4.69, 9.17) is 4.98 Å². The second-order valence-electron chi connectivity index (χ2n) is 4.28. The van der Waals surface area contributed by atoms with Crippen molar-refractivity contribution in [1.82, 2.24) is 4.98 Å². The zero-order valence-corrected chi connectivity index (χ0v) is 11.4. The van der Waals surface area contributed by atoms with Gasteiger partial charge in [0.25, 0.3) is 0 Å². The Bertz CT molecular complexity index is 677. The number of fused-ring (bicyclic) bond motifs is 1. The van der Waals surface area contributed by atoms with Crippen molar-refractivity contribution in [3.05, 3.63) is 76.4 Å². The molecule has 1 nitrogen and oxygen atoms in total. The van der Waals surface area contributed by atoms with Gasteiger partial charge in [-0.25, -0.2) is 0 Å². The zero-order chi connectivity index (χ0) is 12.4. The average Bonchev–Trinajstić information content (AvgIpc) is 2.41. The minimum Gasteiger partial charge on any atom is -0.251 e. The Morgan fingerprint density at radius 2 is 1.67 bits per heavy atom. The molecule has 0 N–H and O–H groups in total. The monoisotopic (exact) mass is 297 g/mol. The normalized spacial score (nSPS) is 10.7. The van der Waals surface area contributed by atoms with E-state index >= 15 is 0 Å². The van der Waals surface area contributed by atoms with E-state index < -0.39 is 0 Å². The van der Waals surface area contributed by atoms with Crippen LogP contribution in [0.2, 0.25) is 0 Å². The summed E-state index contributed by atoms with van der Waals surface area (Å²) in [5.74, 6) is 0. The van der Waals surface area contributed by atoms with Gasteiger partial charge in [0.1, 0.15) is 0 Å². The molecule has 0 aliphatic heterocycles. The van der Waals surface area contributed by atoms with E-state index in [2.05, 4.69) is 58.4 Å². The molecule has 0 aliphatic carbocycles. The molecule has 0 radical (unpaired) electrons. The molecule has 2 heteroatoms. The highest BCUT2D eigenvalue weighted by atomic mass is 79.9. The number of hydrogen-bond donors (Lipinski definition) is 0. The van der Waals surface area contributed by atoms with Crippen LogP contribution >= 0.6 is 15.9 Å². The van der Waals surface area contributed by atoms with Gasteiger partial charge < -0.3 is 0 Å². The van der Waals surface area contributed by atoms with Gasteiger partial charge in [-0.1, -0.05) is 48.5 Å². The second-order valence-corrected chi connectivity index (χ2v) is 5.13. The number of nitrogens with zero attached hydrogens (tertiary/aromatic N) is 1. The molecule has 0 fully saturated rings. The van der Waals surface area contributed by atoms with Crippen LogP contribution in [0.15, 0.2) is 65.1 Å². The Hall–Kier alpha value is -1.67. The summed E-state index contributed by atoms with van der Waals surface area (Å²) in [6.07, 6.45) is 0.873. The standard InChI is InChI=1S/C16H12BrN/c17-15-8-4-7-13-9-10-14(18-16(13)15)11-12-5-2-1-3-6-12/h1-10H,11H2. The number of aromatic nitrogens is 1. The number of rotatable bonds is 2. The van der Waals surface area contributed by atoms with Crippen molar-refractivity contribution in [2.24, 2.45) is 0 Å². The second kappa shape index (κ2) is 4.91. The Labute approximate surface area is 115 Å². The summed E-state index contributed by atoms with van der Waals surface area (Å²) in [5, 5.41) is 1.17. The van der Waals surface area contributed by atoms with Crippen LogP contribution in [0.3, 0.4) is 0 Å². The highest BCUT2D eigenvalue weighted by Gasteiger charge is 2.02. The fraction of sp³-hybridized carbons (Fsp3) is 0.0625. The van der Waals surface area contributed by atoms with Crippen LogP contribution < -0.4 is 0 Å². The van der Waals surface area contributed by atoms with Crippen LogP contribution in [-0.4, -0.2) is 4.98 Å². The lowest BCUT2D eigenvalue weighted by Crippen LogP contribution is -1.92. The highest BCUT2D eigenvalue weighted by Crippen LogP contribution is 2.22. The van der Waals surface area contributed by atoms with Gasteiger partial charge in [-0.3, -0.25) is 4.98 Å². The van der Waals surface area contributed by atoms with Crippen molar-refractivity contribution in [3.63, 3.8) is 0 Å². The Balaban J connectivity index is 2.01. The Morgan fingerprint density at radius 1 is 0.833 bits per heavy atom. The van der Waals surface area contributed by atoms with Crippen molar-refractivity contribution in [2.45, 2.75) is 6.42 Å². The molecule has 0 bridgehead atoms. The molecule has 3 aromatic rings. The van der Waals surface area contributed by atoms with Crippen molar-refractivity contribution in [3.8, 4) is 0 Å². The highest BCUT2D eigenvalue weighted by molar-refractivity contribution is 9.10. The molecule has 0 saturated carbocycles. The van der Waals surface area contributed by atoms with E-state index in [9.17, 15) is 0 Å². The smallest absolute Gasteiger partial charge is 0.0847 e. The summed E-state index contributed by atoms with van der Waals surface area (Å²) in [5.41, 5.74) is 3.42. The topological polar surface area (TPSA) is 12.9 Å². The summed E-state index contributed by atoms with van der Waals surface area (Å²) in [6, 6.07) is 20.8. The third-order valence-electron chi connectivity index (χ3n) is 2.96. The number of pyridine rings is 1. The molecule has 1 aromatic heterocycles. The van der Waals surface area contributed by atoms with E-state index in [1.165, 1.54) is 10.9 Å². The Morgan fingerprint density at radius 3 is 2.50 bits per heavy atom. The minimum atomic E-state index is 0.873. The quantitative estimate of drug-likeness (QED) is 0.674. The number of benzene rings is 2. The molecule has 0 saturated heterocycles. The molecular weight excluding hydrogens is 286 g/mol. The summed E-state index contributed by atoms with van der Waals surface area (Å²) < 4.78 is 1.05. The first kappa shape index (κ1) is 11.4. The lowest BCUT2D eigenvalue weighted by Gasteiger charge is -2.04. The minimum absolute atomic E-state index is 0.873. The van der Waals surface area contributed by atoms with Gasteiger partial charge in [-0.2, -0.15) is 0 Å². The van der Waals surface area contributed by atoms with Crippen molar-refractivity contribution in [1.29, 1.82) is 0 Å². The zero-order valence-electron chi connectivity index (χ0n) is 9.81. The summed E-state index contributed by atoms with van der Waals surface area (Å²) >= 11 is 3.55. The van der Waals surface area contributed by atoms with Crippen molar-refractivity contribution >= 4 is 26.8 Å². The summed E-state index contributed by atoms with van der Waals surface area (Å²) in [4.78, 5) is 4.72. The predicted molar refractivity (Wildman–Crippen MR) is 78.7 cm³/mol. The molecule has 0 spiro atoms. The first-order chi connectivity index (χ1) is 8.83. The van der Waals surface area contributed by atoms with Gasteiger partial charge in [-0.05, 0) is 33.6 Å². The molecule has 0 aliphatic rings. The van der Waals surface area contributed by atoms with E-state index in [0.29, 0.717) is 0 Å². The average molecular weight is 298 g/mol. The van der Waals surface area contributed by atoms with Crippen molar-refractivity contribution < 1.29 is 0 Å². The molecule has 0 amide bonds. The molecular formula is C16H12BrN. The lowest BCUT2D eigenvalue weighted by molar-refractivity contribution is 1.10. The molecule has 2 aromatic carbocycles. The van der Waals surface area contributed by atoms with E-state index in [1.54, 1.807) is 0 Å². The summed E-state index contributed by atoms with van der Waals surface area (Å²) in [7, 11) is 0. The van der Waals surface area contributed by atoms with Gasteiger partial charge in [0.2, 0.25) is 0 Å². The van der Waals surface area contributed by atoms with Gasteiger partial charge in [0.05, 0.1) is 5.52 Å². The van der Waals surface area contributed by atoms with Crippen LogP contribution in [-0.2, 0) is 6.42 Å². The lowest BCUT2D eigenvalue weighted by atomic mass is 10.1. The molecule has 0 unspecified atom stereocenters. The van der Waals surface area contributed by atoms with Gasteiger partial charge in [0, 0.05) is 22.0 Å². The van der Waals surface area contributed by atoms with Gasteiger partial charge >= 0.3 is 0 Å². The largest absolute Gasteiger partial charge is 0.251 e. The van der Waals surface area contributed by atoms with E-state index in [0.717, 1.165) is 22.1 Å². The van der Waals surface area contributed by atoms with Crippen LogP contribution in [0.1, 0.15) is 11.3 Å². The maximum atomic E-state index is 4.72. The van der Waals surface area contributed by atoms with E-state index in [1.807, 2.05) is 18.2 Å². The Kier molecular flexibility index (Phi) is 3.11. The summed E-state index contributed by atoms with van der Waals surface area (Å²) in [6.45, 7) is 0. The van der Waals surface area contributed by atoms with Crippen LogP contribution in [0.25, 0.3) is 10.9 Å². The number of para-hydroxylation sites is 1. The third-order valence-corrected chi connectivity index (χ3v) is 3.60. The van der Waals surface area contributed by atoms with Crippen LogP contribution in [0.5, 0.6) is 0 Å². The molecule has 3 rings (SSSR count). The molecule has 18 heavy (non-hydrogen) atoms. The molecule has 1 heterocycles. The molecule has 0 atom stereocenters. The fourth-order valence-corrected chi connectivity index (χ4v) is 2.52. The fourth-order valence-electron chi connectivity index (χ4n) is 2.05. The molecule has 88 valence electrons. The van der Waals surface area contributed by atoms with Gasteiger partial charge in [-0.15, -0.1) is 0 Å². The van der Waals surface area contributed by atoms with Crippen molar-refractivity contribution in [2.75, 3.05) is 0 Å². The number of halogens is 1. The number of hydrogen-bond acceptors (Lipinski definition) is 1. The maximum absolute atomic E-state index is 4.72. The van der Waals surface area contributed by atoms with Crippen LogP contribution in [0.4, 0.5) is 0 Å². The van der Waals surface area contributed by atoms with Crippen LogP contribution in [0, 0.1) is 0 Å². The first-order valence-electron chi connectivity index (χ1n) is 5.91. The predicted octanol–water partition coefficient (Wildman–Crippen LogP) is 4.59. The first-order valence-corrected chi connectivity index (χ1v) is 6.70.